The molecule has 1 aromatic rings. The lowest BCUT2D eigenvalue weighted by Gasteiger charge is -2.16. The van der Waals surface area contributed by atoms with E-state index in [1.54, 1.807) is 0 Å². The van der Waals surface area contributed by atoms with Crippen LogP contribution in [0.4, 0.5) is 0 Å². The SMILES string of the molecule is CC(C)n1cc2c(n1)C(C)(C)CC2. The highest BCUT2D eigenvalue weighted by Crippen LogP contribution is 2.37. The molecule has 1 aliphatic carbocycles. The average Bonchev–Trinajstić information content (AvgIpc) is 2.53. The molecule has 0 atom stereocenters. The second-order valence-corrected chi connectivity index (χ2v) is 4.96. The molecule has 72 valence electrons. The highest BCUT2D eigenvalue weighted by Gasteiger charge is 2.33. The molecule has 13 heavy (non-hydrogen) atoms. The molecule has 2 nitrogen and oxygen atoms in total. The second kappa shape index (κ2) is 2.60. The van der Waals surface area contributed by atoms with Crippen molar-refractivity contribution in [2.24, 2.45) is 0 Å². The van der Waals surface area contributed by atoms with Crippen molar-refractivity contribution < 1.29 is 0 Å². The minimum Gasteiger partial charge on any atom is -0.270 e. The van der Waals surface area contributed by atoms with Gasteiger partial charge in [0.2, 0.25) is 0 Å². The van der Waals surface area contributed by atoms with Crippen molar-refractivity contribution in [3.8, 4) is 0 Å². The van der Waals surface area contributed by atoms with E-state index in [4.69, 9.17) is 0 Å². The Balaban J connectivity index is 2.42. The molecule has 0 spiro atoms. The Morgan fingerprint density at radius 2 is 2.15 bits per heavy atom. The molecule has 1 aromatic heterocycles. The zero-order chi connectivity index (χ0) is 9.64. The van der Waals surface area contributed by atoms with Crippen LogP contribution in [-0.4, -0.2) is 9.78 Å². The molecule has 0 amide bonds. The van der Waals surface area contributed by atoms with Crippen molar-refractivity contribution in [3.63, 3.8) is 0 Å². The number of nitrogens with zero attached hydrogens (tertiary/aromatic N) is 2. The van der Waals surface area contributed by atoms with Gasteiger partial charge < -0.3 is 0 Å². The summed E-state index contributed by atoms with van der Waals surface area (Å²) in [6.45, 7) is 8.93. The number of fused-ring (bicyclic) bond motifs is 1. The zero-order valence-corrected chi connectivity index (χ0v) is 8.96. The summed E-state index contributed by atoms with van der Waals surface area (Å²) in [5, 5.41) is 4.66. The first-order chi connectivity index (χ1) is 6.00. The predicted octanol–water partition coefficient (Wildman–Crippen LogP) is 2.69. The Morgan fingerprint density at radius 3 is 2.69 bits per heavy atom. The molecular weight excluding hydrogens is 160 g/mol. The third kappa shape index (κ3) is 1.28. The summed E-state index contributed by atoms with van der Waals surface area (Å²) in [7, 11) is 0. The third-order valence-electron chi connectivity index (χ3n) is 3.00. The van der Waals surface area contributed by atoms with E-state index < -0.39 is 0 Å². The van der Waals surface area contributed by atoms with Crippen LogP contribution in [0.5, 0.6) is 0 Å². The fourth-order valence-electron chi connectivity index (χ4n) is 2.01. The molecular formula is C11H18N2. The fourth-order valence-corrected chi connectivity index (χ4v) is 2.01. The molecule has 0 N–H and O–H groups in total. The fraction of sp³-hybridized carbons (Fsp3) is 0.727. The third-order valence-corrected chi connectivity index (χ3v) is 3.00. The quantitative estimate of drug-likeness (QED) is 0.646. The zero-order valence-electron chi connectivity index (χ0n) is 8.96. The maximum absolute atomic E-state index is 4.66. The van der Waals surface area contributed by atoms with Crippen LogP contribution in [0.1, 0.15) is 51.4 Å². The largest absolute Gasteiger partial charge is 0.270 e. The van der Waals surface area contributed by atoms with Crippen molar-refractivity contribution >= 4 is 0 Å². The number of aromatic nitrogens is 2. The monoisotopic (exact) mass is 178 g/mol. The van der Waals surface area contributed by atoms with Crippen LogP contribution < -0.4 is 0 Å². The molecule has 0 saturated heterocycles. The summed E-state index contributed by atoms with van der Waals surface area (Å²) in [4.78, 5) is 0. The van der Waals surface area contributed by atoms with Gasteiger partial charge in [-0.3, -0.25) is 4.68 Å². The van der Waals surface area contributed by atoms with Gasteiger partial charge in [-0.1, -0.05) is 13.8 Å². The molecule has 0 aromatic carbocycles. The van der Waals surface area contributed by atoms with E-state index in [-0.39, 0.29) is 0 Å². The van der Waals surface area contributed by atoms with Gasteiger partial charge in [-0.05, 0) is 32.3 Å². The van der Waals surface area contributed by atoms with Crippen LogP contribution in [0.25, 0.3) is 0 Å². The molecule has 0 unspecified atom stereocenters. The molecule has 0 aliphatic heterocycles. The summed E-state index contributed by atoms with van der Waals surface area (Å²) < 4.78 is 2.09. The van der Waals surface area contributed by atoms with Crippen LogP contribution in [0.15, 0.2) is 6.20 Å². The predicted molar refractivity (Wildman–Crippen MR) is 54.0 cm³/mol. The van der Waals surface area contributed by atoms with E-state index in [2.05, 4.69) is 43.7 Å². The van der Waals surface area contributed by atoms with Crippen LogP contribution in [-0.2, 0) is 11.8 Å². The smallest absolute Gasteiger partial charge is 0.0712 e. The first-order valence-corrected chi connectivity index (χ1v) is 5.09. The van der Waals surface area contributed by atoms with E-state index in [1.165, 1.54) is 24.1 Å². The average molecular weight is 178 g/mol. The van der Waals surface area contributed by atoms with Crippen LogP contribution in [0.2, 0.25) is 0 Å². The van der Waals surface area contributed by atoms with Crippen molar-refractivity contribution in [1.82, 2.24) is 9.78 Å². The first kappa shape index (κ1) is 8.79. The lowest BCUT2D eigenvalue weighted by molar-refractivity contribution is 0.463. The Labute approximate surface area is 80.0 Å². The minimum absolute atomic E-state index is 0.301. The van der Waals surface area contributed by atoms with E-state index in [9.17, 15) is 0 Å². The molecule has 0 bridgehead atoms. The summed E-state index contributed by atoms with van der Waals surface area (Å²) in [6, 6.07) is 0.487. The summed E-state index contributed by atoms with van der Waals surface area (Å²) >= 11 is 0. The van der Waals surface area contributed by atoms with Crippen LogP contribution in [0, 0.1) is 0 Å². The van der Waals surface area contributed by atoms with Gasteiger partial charge >= 0.3 is 0 Å². The van der Waals surface area contributed by atoms with Gasteiger partial charge in [-0.15, -0.1) is 0 Å². The van der Waals surface area contributed by atoms with Gasteiger partial charge in [0, 0.05) is 17.7 Å². The first-order valence-electron chi connectivity index (χ1n) is 5.09. The van der Waals surface area contributed by atoms with E-state index in [0.717, 1.165) is 0 Å². The Hall–Kier alpha value is -0.790. The molecule has 0 fully saturated rings. The van der Waals surface area contributed by atoms with Crippen molar-refractivity contribution in [3.05, 3.63) is 17.5 Å². The van der Waals surface area contributed by atoms with Crippen molar-refractivity contribution in [2.75, 3.05) is 0 Å². The maximum atomic E-state index is 4.66. The maximum Gasteiger partial charge on any atom is 0.0712 e. The van der Waals surface area contributed by atoms with E-state index >= 15 is 0 Å². The summed E-state index contributed by atoms with van der Waals surface area (Å²) in [6.07, 6.45) is 4.67. The highest BCUT2D eigenvalue weighted by molar-refractivity contribution is 5.30. The van der Waals surface area contributed by atoms with E-state index in [1.807, 2.05) is 0 Å². The number of rotatable bonds is 1. The molecule has 0 radical (unpaired) electrons. The Morgan fingerprint density at radius 1 is 1.46 bits per heavy atom. The highest BCUT2D eigenvalue weighted by atomic mass is 15.3. The number of aryl methyl sites for hydroxylation is 1. The van der Waals surface area contributed by atoms with Crippen molar-refractivity contribution in [1.29, 1.82) is 0 Å². The van der Waals surface area contributed by atoms with E-state index in [0.29, 0.717) is 11.5 Å². The van der Waals surface area contributed by atoms with Gasteiger partial charge in [0.15, 0.2) is 0 Å². The Bertz CT molecular complexity index is 321. The normalized spacial score (nSPS) is 19.5. The minimum atomic E-state index is 0.301. The molecule has 0 saturated carbocycles. The summed E-state index contributed by atoms with van der Waals surface area (Å²) in [5.74, 6) is 0. The van der Waals surface area contributed by atoms with Gasteiger partial charge in [-0.25, -0.2) is 0 Å². The number of hydrogen-bond acceptors (Lipinski definition) is 1. The van der Waals surface area contributed by atoms with Crippen LogP contribution in [0.3, 0.4) is 0 Å². The van der Waals surface area contributed by atoms with Gasteiger partial charge in [0.1, 0.15) is 0 Å². The second-order valence-electron chi connectivity index (χ2n) is 4.96. The van der Waals surface area contributed by atoms with Gasteiger partial charge in [0.25, 0.3) is 0 Å². The van der Waals surface area contributed by atoms with Gasteiger partial charge in [-0.2, -0.15) is 5.10 Å². The van der Waals surface area contributed by atoms with Crippen molar-refractivity contribution in [2.45, 2.75) is 52.0 Å². The topological polar surface area (TPSA) is 17.8 Å². The standard InChI is InChI=1S/C11H18N2/c1-8(2)13-7-9-5-6-11(3,4)10(9)12-13/h7-8H,5-6H2,1-4H3. The van der Waals surface area contributed by atoms with Crippen LogP contribution >= 0.6 is 0 Å². The lowest BCUT2D eigenvalue weighted by atomic mass is 9.91. The summed E-state index contributed by atoms with van der Waals surface area (Å²) in [5.41, 5.74) is 3.08. The molecule has 1 heterocycles. The number of hydrogen-bond donors (Lipinski definition) is 0. The van der Waals surface area contributed by atoms with Gasteiger partial charge in [0.05, 0.1) is 5.69 Å². The lowest BCUT2D eigenvalue weighted by Crippen LogP contribution is -2.15. The Kier molecular flexibility index (Phi) is 1.76. The molecule has 2 heteroatoms. The molecule has 2 rings (SSSR count). The molecule has 1 aliphatic rings.